The van der Waals surface area contributed by atoms with Crippen LogP contribution in [0.3, 0.4) is 0 Å². The van der Waals surface area contributed by atoms with Crippen molar-refractivity contribution >= 4 is 21.6 Å². The smallest absolute Gasteiger partial charge is 0.264 e. The number of rotatable bonds is 8. The number of anilines is 1. The van der Waals surface area contributed by atoms with Gasteiger partial charge in [-0.15, -0.1) is 0 Å². The van der Waals surface area contributed by atoms with Crippen molar-refractivity contribution in [1.29, 1.82) is 0 Å². The van der Waals surface area contributed by atoms with E-state index in [-0.39, 0.29) is 23.9 Å². The summed E-state index contributed by atoms with van der Waals surface area (Å²) in [5.41, 5.74) is 5.07. The van der Waals surface area contributed by atoms with Gasteiger partial charge in [0.2, 0.25) is 5.91 Å². The molecule has 0 saturated carbocycles. The molecular formula is C27H28N4O3S. The molecule has 0 fully saturated rings. The van der Waals surface area contributed by atoms with Crippen LogP contribution in [0.15, 0.2) is 90.3 Å². The lowest BCUT2D eigenvalue weighted by Gasteiger charge is -2.26. The molecule has 0 saturated heterocycles. The van der Waals surface area contributed by atoms with Gasteiger partial charge in [-0.05, 0) is 67.8 Å². The van der Waals surface area contributed by atoms with Crippen molar-refractivity contribution in [3.8, 4) is 5.69 Å². The average Bonchev–Trinajstić information content (AvgIpc) is 3.39. The van der Waals surface area contributed by atoms with Crippen LogP contribution in [0, 0.1) is 20.8 Å². The van der Waals surface area contributed by atoms with Gasteiger partial charge in [0.05, 0.1) is 16.9 Å². The van der Waals surface area contributed by atoms with Crippen LogP contribution in [-0.4, -0.2) is 30.4 Å². The van der Waals surface area contributed by atoms with E-state index in [1.54, 1.807) is 48.9 Å². The SMILES string of the molecule is Cc1ccc(S(=O)(=O)N(CC(=O)NCc2ccc(-n3ccnc3)cc2)c2cccc(C)c2C)cc1. The standard InChI is InChI=1S/C27H28N4O3S/c1-20-7-13-25(14-8-20)35(33,34)31(26-6-4-5-21(2)22(26)3)18-27(32)29-17-23-9-11-24(12-10-23)30-16-15-28-19-30/h4-16,19H,17-18H2,1-3H3,(H,29,32). The van der Waals surface area contributed by atoms with E-state index in [1.807, 2.05) is 61.9 Å². The van der Waals surface area contributed by atoms with Gasteiger partial charge in [0.15, 0.2) is 0 Å². The zero-order valence-corrected chi connectivity index (χ0v) is 20.8. The summed E-state index contributed by atoms with van der Waals surface area (Å²) in [6.45, 7) is 5.64. The molecule has 0 aliphatic carbocycles. The molecule has 0 bridgehead atoms. The summed E-state index contributed by atoms with van der Waals surface area (Å²) < 4.78 is 30.3. The van der Waals surface area contributed by atoms with Crippen LogP contribution in [0.25, 0.3) is 5.69 Å². The van der Waals surface area contributed by atoms with E-state index in [0.29, 0.717) is 5.69 Å². The minimum absolute atomic E-state index is 0.145. The topological polar surface area (TPSA) is 84.3 Å². The van der Waals surface area contributed by atoms with E-state index in [2.05, 4.69) is 10.3 Å². The molecule has 1 aromatic heterocycles. The van der Waals surface area contributed by atoms with Crippen molar-refractivity contribution in [1.82, 2.24) is 14.9 Å². The number of imidazole rings is 1. The molecule has 0 atom stereocenters. The zero-order valence-electron chi connectivity index (χ0n) is 20.0. The Hall–Kier alpha value is -3.91. The number of aromatic nitrogens is 2. The van der Waals surface area contributed by atoms with Crippen molar-refractivity contribution in [3.05, 3.63) is 108 Å². The third-order valence-electron chi connectivity index (χ3n) is 5.97. The van der Waals surface area contributed by atoms with Crippen LogP contribution in [0.1, 0.15) is 22.3 Å². The van der Waals surface area contributed by atoms with E-state index < -0.39 is 10.0 Å². The summed E-state index contributed by atoms with van der Waals surface area (Å²) >= 11 is 0. The molecule has 3 aromatic carbocycles. The van der Waals surface area contributed by atoms with E-state index in [0.717, 1.165) is 27.9 Å². The van der Waals surface area contributed by atoms with Crippen molar-refractivity contribution in [2.24, 2.45) is 0 Å². The minimum atomic E-state index is -3.96. The van der Waals surface area contributed by atoms with Gasteiger partial charge < -0.3 is 9.88 Å². The van der Waals surface area contributed by atoms with Gasteiger partial charge >= 0.3 is 0 Å². The molecule has 1 N–H and O–H groups in total. The van der Waals surface area contributed by atoms with Gasteiger partial charge in [-0.2, -0.15) is 0 Å². The third kappa shape index (κ3) is 5.44. The molecule has 0 unspecified atom stereocenters. The van der Waals surface area contributed by atoms with Gasteiger partial charge in [-0.25, -0.2) is 13.4 Å². The number of carbonyl (C=O) groups is 1. The lowest BCUT2D eigenvalue weighted by atomic mass is 10.1. The Morgan fingerprint density at radius 2 is 1.69 bits per heavy atom. The van der Waals surface area contributed by atoms with E-state index in [9.17, 15) is 13.2 Å². The number of benzene rings is 3. The van der Waals surface area contributed by atoms with Crippen LogP contribution in [-0.2, 0) is 21.4 Å². The lowest BCUT2D eigenvalue weighted by Crippen LogP contribution is -2.41. The number of aryl methyl sites for hydroxylation is 2. The predicted molar refractivity (Wildman–Crippen MR) is 137 cm³/mol. The normalized spacial score (nSPS) is 11.3. The Morgan fingerprint density at radius 3 is 2.34 bits per heavy atom. The number of hydrogen-bond acceptors (Lipinski definition) is 4. The Kier molecular flexibility index (Phi) is 7.02. The van der Waals surface area contributed by atoms with Gasteiger partial charge in [0.25, 0.3) is 10.0 Å². The first kappa shape index (κ1) is 24.2. The molecule has 1 amide bonds. The largest absolute Gasteiger partial charge is 0.350 e. The average molecular weight is 489 g/mol. The number of nitrogens with one attached hydrogen (secondary N) is 1. The van der Waals surface area contributed by atoms with Crippen LogP contribution in [0.5, 0.6) is 0 Å². The van der Waals surface area contributed by atoms with E-state index in [1.165, 1.54) is 4.31 Å². The quantitative estimate of drug-likeness (QED) is 0.401. The van der Waals surface area contributed by atoms with Crippen LogP contribution in [0.2, 0.25) is 0 Å². The van der Waals surface area contributed by atoms with Gasteiger partial charge in [0, 0.05) is 24.6 Å². The maximum Gasteiger partial charge on any atom is 0.264 e. The lowest BCUT2D eigenvalue weighted by molar-refractivity contribution is -0.119. The second-order valence-corrected chi connectivity index (χ2v) is 10.3. The highest BCUT2D eigenvalue weighted by Gasteiger charge is 2.28. The van der Waals surface area contributed by atoms with Gasteiger partial charge in [-0.3, -0.25) is 9.10 Å². The number of nitrogens with zero attached hydrogens (tertiary/aromatic N) is 3. The number of hydrogen-bond donors (Lipinski definition) is 1. The molecule has 0 aliphatic rings. The highest BCUT2D eigenvalue weighted by Crippen LogP contribution is 2.28. The molecule has 35 heavy (non-hydrogen) atoms. The van der Waals surface area contributed by atoms with Crippen LogP contribution in [0.4, 0.5) is 5.69 Å². The number of sulfonamides is 1. The molecule has 7 nitrogen and oxygen atoms in total. The molecule has 8 heteroatoms. The maximum absolute atomic E-state index is 13.6. The van der Waals surface area contributed by atoms with E-state index in [4.69, 9.17) is 0 Å². The van der Waals surface area contributed by atoms with Gasteiger partial charge in [-0.1, -0.05) is 42.0 Å². The van der Waals surface area contributed by atoms with Crippen LogP contribution < -0.4 is 9.62 Å². The summed E-state index contributed by atoms with van der Waals surface area (Å²) in [6.07, 6.45) is 5.28. The first-order valence-electron chi connectivity index (χ1n) is 11.3. The highest BCUT2D eigenvalue weighted by molar-refractivity contribution is 7.92. The molecular weight excluding hydrogens is 460 g/mol. The monoisotopic (exact) mass is 488 g/mol. The van der Waals surface area contributed by atoms with Crippen LogP contribution >= 0.6 is 0 Å². The number of carbonyl (C=O) groups excluding carboxylic acids is 1. The second-order valence-electron chi connectivity index (χ2n) is 8.46. The Bertz CT molecular complexity index is 1410. The molecule has 4 aromatic rings. The Labute approximate surface area is 206 Å². The Morgan fingerprint density at radius 1 is 0.971 bits per heavy atom. The molecule has 1 heterocycles. The van der Waals surface area contributed by atoms with Crippen molar-refractivity contribution in [2.45, 2.75) is 32.2 Å². The fourth-order valence-electron chi connectivity index (χ4n) is 3.73. The zero-order chi connectivity index (χ0) is 25.0. The second kappa shape index (κ2) is 10.1. The summed E-state index contributed by atoms with van der Waals surface area (Å²) in [4.78, 5) is 17.1. The molecule has 0 spiro atoms. The molecule has 180 valence electrons. The highest BCUT2D eigenvalue weighted by atomic mass is 32.2. The minimum Gasteiger partial charge on any atom is -0.350 e. The van der Waals surface area contributed by atoms with Gasteiger partial charge in [0.1, 0.15) is 6.54 Å². The summed E-state index contributed by atoms with van der Waals surface area (Å²) in [5, 5.41) is 2.86. The predicted octanol–water partition coefficient (Wildman–Crippen LogP) is 4.31. The third-order valence-corrected chi connectivity index (χ3v) is 7.74. The summed E-state index contributed by atoms with van der Waals surface area (Å²) in [7, 11) is -3.96. The first-order chi connectivity index (χ1) is 16.8. The van der Waals surface area contributed by atoms with E-state index >= 15 is 0 Å². The maximum atomic E-state index is 13.6. The molecule has 0 aliphatic heterocycles. The summed E-state index contributed by atoms with van der Waals surface area (Å²) in [5.74, 6) is -0.389. The molecule has 4 rings (SSSR count). The fraction of sp³-hybridized carbons (Fsp3) is 0.185. The summed E-state index contributed by atoms with van der Waals surface area (Å²) in [6, 6.07) is 19.8. The molecule has 0 radical (unpaired) electrons. The first-order valence-corrected chi connectivity index (χ1v) is 12.7. The van der Waals surface area contributed by atoms with Crippen molar-refractivity contribution < 1.29 is 13.2 Å². The van der Waals surface area contributed by atoms with Crippen molar-refractivity contribution in [2.75, 3.05) is 10.8 Å². The van der Waals surface area contributed by atoms with Crippen molar-refractivity contribution in [3.63, 3.8) is 0 Å². The number of amides is 1. The Balaban J connectivity index is 1.54. The fourth-order valence-corrected chi connectivity index (χ4v) is 5.21.